The number of allylic oxidation sites excluding steroid dienone is 1. The molecular weight excluding hydrogens is 672 g/mol. The Bertz CT molecular complexity index is 1400. The van der Waals surface area contributed by atoms with Crippen LogP contribution in [0.4, 0.5) is 0 Å². The lowest BCUT2D eigenvalue weighted by Gasteiger charge is -2.70. The van der Waals surface area contributed by atoms with Gasteiger partial charge in [-0.3, -0.25) is 0 Å². The molecule has 4 heterocycles. The van der Waals surface area contributed by atoms with Gasteiger partial charge >= 0.3 is 0 Å². The van der Waals surface area contributed by atoms with Crippen LogP contribution in [0.1, 0.15) is 99.8 Å². The van der Waals surface area contributed by atoms with Gasteiger partial charge in [0.15, 0.2) is 18.4 Å². The van der Waals surface area contributed by atoms with Gasteiger partial charge in [-0.2, -0.15) is 0 Å². The van der Waals surface area contributed by atoms with E-state index in [2.05, 4.69) is 47.6 Å². The van der Waals surface area contributed by atoms with Gasteiger partial charge in [-0.05, 0) is 93.3 Å². The van der Waals surface area contributed by atoms with Crippen LogP contribution in [-0.4, -0.2) is 123 Å². The SMILES string of the molecule is CC(C)=CC1CC(C)(O)C2C3CCC4C5(C)CCC(OC6OCC(O)C(O)C6OC6OC(CO)C(O)C6O)C(C)(C)C5CCC4(C)C34COC2(C4)O1. The van der Waals surface area contributed by atoms with Crippen molar-refractivity contribution in [2.45, 2.75) is 173 Å². The van der Waals surface area contributed by atoms with Crippen molar-refractivity contribution in [2.75, 3.05) is 19.8 Å². The summed E-state index contributed by atoms with van der Waals surface area (Å²) in [7, 11) is 0. The van der Waals surface area contributed by atoms with Crippen LogP contribution in [-0.2, 0) is 28.4 Å². The van der Waals surface area contributed by atoms with Gasteiger partial charge < -0.3 is 59.1 Å². The van der Waals surface area contributed by atoms with Gasteiger partial charge in [-0.1, -0.05) is 39.3 Å². The Hall–Kier alpha value is -0.740. The summed E-state index contributed by atoms with van der Waals surface area (Å²) in [5, 5.41) is 64.1. The van der Waals surface area contributed by atoms with Gasteiger partial charge in [0.25, 0.3) is 0 Å². The molecule has 8 fully saturated rings. The fourth-order valence-corrected chi connectivity index (χ4v) is 14.1. The Labute approximate surface area is 308 Å². The van der Waals surface area contributed by atoms with E-state index < -0.39 is 67.2 Å². The lowest BCUT2D eigenvalue weighted by atomic mass is 9.35. The van der Waals surface area contributed by atoms with Crippen molar-refractivity contribution in [1.29, 1.82) is 0 Å². The molecule has 12 heteroatoms. The second-order valence-corrected chi connectivity index (χ2v) is 19.7. The van der Waals surface area contributed by atoms with Gasteiger partial charge in [0, 0.05) is 24.2 Å². The highest BCUT2D eigenvalue weighted by Gasteiger charge is 2.80. The van der Waals surface area contributed by atoms with Crippen molar-refractivity contribution < 1.29 is 59.1 Å². The van der Waals surface area contributed by atoms with Crippen LogP contribution in [0, 0.1) is 45.3 Å². The first-order valence-electron chi connectivity index (χ1n) is 19.9. The van der Waals surface area contributed by atoms with Crippen molar-refractivity contribution in [2.24, 2.45) is 45.3 Å². The normalized spacial score (nSPS) is 57.8. The Morgan fingerprint density at radius 1 is 0.865 bits per heavy atom. The number of aliphatic hydroxyl groups is 6. The average molecular weight is 737 g/mol. The van der Waals surface area contributed by atoms with Crippen LogP contribution < -0.4 is 0 Å². The van der Waals surface area contributed by atoms with Crippen LogP contribution in [0.2, 0.25) is 0 Å². The third kappa shape index (κ3) is 5.29. The first-order valence-corrected chi connectivity index (χ1v) is 19.9. The minimum Gasteiger partial charge on any atom is -0.394 e. The van der Waals surface area contributed by atoms with Crippen LogP contribution in [0.15, 0.2) is 11.6 Å². The standard InChI is InChI=1S/C40H64O12/c1-20(2)14-21-15-38(7,46)32-22-8-9-26-36(5)12-11-27(35(3,4)25(36)10-13-37(26,6)39(22)18-40(32,52-21)48-19-39)50-34-31(28(43)23(42)17-47-34)51-33-30(45)29(44)24(16-41)49-33/h14,21-34,41-46H,8-13,15-19H2,1-7H3. The number of ether oxygens (including phenoxy) is 6. The van der Waals surface area contributed by atoms with E-state index in [-0.39, 0.29) is 46.4 Å². The van der Waals surface area contributed by atoms with Crippen LogP contribution in [0.3, 0.4) is 0 Å². The summed E-state index contributed by atoms with van der Waals surface area (Å²) in [6, 6.07) is 0. The molecule has 12 nitrogen and oxygen atoms in total. The van der Waals surface area contributed by atoms with E-state index in [1.165, 1.54) is 5.57 Å². The van der Waals surface area contributed by atoms with Gasteiger partial charge in [0.05, 0.1) is 37.6 Å². The molecule has 4 aliphatic heterocycles. The summed E-state index contributed by atoms with van der Waals surface area (Å²) in [6.45, 7) is 15.8. The van der Waals surface area contributed by atoms with E-state index in [1.54, 1.807) is 0 Å². The number of rotatable bonds is 6. The monoisotopic (exact) mass is 736 g/mol. The van der Waals surface area contributed by atoms with Crippen molar-refractivity contribution >= 4 is 0 Å². The Morgan fingerprint density at radius 2 is 1.62 bits per heavy atom. The molecule has 0 aromatic rings. The Balaban J connectivity index is 1.03. The third-order valence-electron chi connectivity index (χ3n) is 16.3. The van der Waals surface area contributed by atoms with Crippen molar-refractivity contribution in [3.8, 4) is 0 Å². The molecule has 19 atom stereocenters. The minimum absolute atomic E-state index is 0.0159. The largest absolute Gasteiger partial charge is 0.394 e. The third-order valence-corrected chi connectivity index (χ3v) is 16.3. The predicted molar refractivity (Wildman–Crippen MR) is 186 cm³/mol. The molecule has 2 bridgehead atoms. The highest BCUT2D eigenvalue weighted by molar-refractivity contribution is 5.26. The molecule has 4 aliphatic carbocycles. The summed E-state index contributed by atoms with van der Waals surface area (Å²) in [6.07, 6.45) is -0.930. The molecule has 8 rings (SSSR count). The maximum Gasteiger partial charge on any atom is 0.187 e. The molecule has 4 saturated carbocycles. The molecule has 0 amide bonds. The Morgan fingerprint density at radius 3 is 2.31 bits per heavy atom. The summed E-state index contributed by atoms with van der Waals surface area (Å²) in [5.41, 5.74) is 0.0110. The molecular formula is C40H64O12. The molecule has 52 heavy (non-hydrogen) atoms. The fraction of sp³-hybridized carbons (Fsp3) is 0.950. The smallest absolute Gasteiger partial charge is 0.187 e. The highest BCUT2D eigenvalue weighted by Crippen LogP contribution is 2.80. The maximum absolute atomic E-state index is 12.1. The first kappa shape index (κ1) is 38.1. The first-order chi connectivity index (χ1) is 24.3. The predicted octanol–water partition coefficient (Wildman–Crippen LogP) is 2.78. The summed E-state index contributed by atoms with van der Waals surface area (Å²) < 4.78 is 38.0. The van der Waals surface area contributed by atoms with E-state index in [9.17, 15) is 30.6 Å². The summed E-state index contributed by atoms with van der Waals surface area (Å²) in [4.78, 5) is 0. The van der Waals surface area contributed by atoms with Crippen LogP contribution in [0.5, 0.6) is 0 Å². The van der Waals surface area contributed by atoms with Crippen molar-refractivity contribution in [3.63, 3.8) is 0 Å². The molecule has 2 spiro atoms. The van der Waals surface area contributed by atoms with E-state index in [4.69, 9.17) is 28.4 Å². The molecule has 8 aliphatic rings. The van der Waals surface area contributed by atoms with E-state index in [0.29, 0.717) is 30.8 Å². The zero-order valence-corrected chi connectivity index (χ0v) is 32.1. The summed E-state index contributed by atoms with van der Waals surface area (Å²) in [5.74, 6) is 0.337. The van der Waals surface area contributed by atoms with Crippen molar-refractivity contribution in [3.05, 3.63) is 11.6 Å². The molecule has 0 aromatic heterocycles. The van der Waals surface area contributed by atoms with E-state index in [1.807, 2.05) is 6.92 Å². The molecule has 0 radical (unpaired) electrons. The molecule has 6 N–H and O–H groups in total. The minimum atomic E-state index is -1.46. The number of aliphatic hydroxyl groups excluding tert-OH is 5. The quantitative estimate of drug-likeness (QED) is 0.174. The number of fused-ring (bicyclic) bond motifs is 4. The molecule has 0 aromatic carbocycles. The van der Waals surface area contributed by atoms with Gasteiger partial charge in [0.2, 0.25) is 0 Å². The molecule has 4 saturated heterocycles. The number of hydrogen-bond acceptors (Lipinski definition) is 12. The van der Waals surface area contributed by atoms with Crippen LogP contribution in [0.25, 0.3) is 0 Å². The molecule has 296 valence electrons. The number of hydrogen-bond donors (Lipinski definition) is 6. The van der Waals surface area contributed by atoms with Crippen molar-refractivity contribution in [1.82, 2.24) is 0 Å². The van der Waals surface area contributed by atoms with Gasteiger partial charge in [-0.15, -0.1) is 0 Å². The second-order valence-electron chi connectivity index (χ2n) is 19.7. The Kier molecular flexibility index (Phi) is 9.27. The van der Waals surface area contributed by atoms with E-state index >= 15 is 0 Å². The van der Waals surface area contributed by atoms with Gasteiger partial charge in [-0.25, -0.2) is 0 Å². The zero-order chi connectivity index (χ0) is 37.4. The zero-order valence-electron chi connectivity index (χ0n) is 32.1. The second kappa shape index (κ2) is 12.6. The maximum atomic E-state index is 12.1. The average Bonchev–Trinajstić information content (AvgIpc) is 3.67. The van der Waals surface area contributed by atoms with E-state index in [0.717, 1.165) is 44.9 Å². The van der Waals surface area contributed by atoms with Crippen LogP contribution >= 0.6 is 0 Å². The molecule has 19 unspecified atom stereocenters. The lowest BCUT2D eigenvalue weighted by molar-refractivity contribution is -0.346. The topological polar surface area (TPSA) is 177 Å². The lowest BCUT2D eigenvalue weighted by Crippen LogP contribution is -2.67. The van der Waals surface area contributed by atoms with Gasteiger partial charge in [0.1, 0.15) is 36.6 Å². The highest BCUT2D eigenvalue weighted by atomic mass is 16.8. The summed E-state index contributed by atoms with van der Waals surface area (Å²) >= 11 is 0. The fourth-order valence-electron chi connectivity index (χ4n) is 14.1.